The number of anilines is 1. The van der Waals surface area contributed by atoms with E-state index in [9.17, 15) is 9.59 Å². The molecule has 2 aliphatic heterocycles. The fraction of sp³-hybridized carbons (Fsp3) is 0.440. The highest BCUT2D eigenvalue weighted by atomic mass is 35.5. The van der Waals surface area contributed by atoms with Gasteiger partial charge in [0, 0.05) is 50.0 Å². The van der Waals surface area contributed by atoms with Gasteiger partial charge in [-0.1, -0.05) is 11.6 Å². The maximum Gasteiger partial charge on any atom is 0.258 e. The number of amides is 1. The van der Waals surface area contributed by atoms with Gasteiger partial charge in [-0.25, -0.2) is 4.98 Å². The summed E-state index contributed by atoms with van der Waals surface area (Å²) in [6.07, 6.45) is 4.74. The van der Waals surface area contributed by atoms with Crippen molar-refractivity contribution in [3.8, 4) is 0 Å². The summed E-state index contributed by atoms with van der Waals surface area (Å²) in [6.45, 7) is 4.89. The van der Waals surface area contributed by atoms with Gasteiger partial charge in [0.2, 0.25) is 11.4 Å². The molecule has 0 saturated carbocycles. The van der Waals surface area contributed by atoms with Gasteiger partial charge in [-0.05, 0) is 51.1 Å². The molecule has 1 aromatic carbocycles. The number of pyridine rings is 1. The average molecular weight is 526 g/mol. The molecule has 0 bridgehead atoms. The fourth-order valence-corrected chi connectivity index (χ4v) is 6.64. The minimum Gasteiger partial charge on any atom is -0.352 e. The van der Waals surface area contributed by atoms with E-state index in [1.54, 1.807) is 6.20 Å². The van der Waals surface area contributed by atoms with Crippen LogP contribution in [0.25, 0.3) is 26.1 Å². The third-order valence-corrected chi connectivity index (χ3v) is 8.67. The normalized spacial score (nSPS) is 19.1. The number of rotatable bonds is 5. The van der Waals surface area contributed by atoms with E-state index in [1.165, 1.54) is 17.8 Å². The Hall–Kier alpha value is -2.79. The van der Waals surface area contributed by atoms with E-state index >= 15 is 0 Å². The third-order valence-electron chi connectivity index (χ3n) is 7.29. The molecule has 0 radical (unpaired) electrons. The number of hydrogen-bond donors (Lipinski definition) is 2. The van der Waals surface area contributed by atoms with Gasteiger partial charge in [0.05, 0.1) is 15.6 Å². The summed E-state index contributed by atoms with van der Waals surface area (Å²) in [4.78, 5) is 41.5. The third kappa shape index (κ3) is 4.11. The molecule has 0 aliphatic carbocycles. The maximum atomic E-state index is 13.7. The number of fused-ring (bicyclic) bond motifs is 5. The van der Waals surface area contributed by atoms with Crippen molar-refractivity contribution in [2.24, 2.45) is 0 Å². The molecule has 5 heterocycles. The number of hydrogen-bond acceptors (Lipinski definition) is 8. The Morgan fingerprint density at radius 1 is 1.28 bits per heavy atom. The Labute approximate surface area is 217 Å². The molecule has 2 saturated heterocycles. The average Bonchev–Trinajstić information content (AvgIpc) is 3.47. The standard InChI is InChI=1S/C25H28ClN7O2S/c1-31-10-2-3-16(31)6-7-28-23(35)20-21(34)17-14-29-25(32-11-8-27-9-12-32)30-22(17)33-18-13-15(26)4-5-19(18)36-24(20)33/h4-5,13-14,16,27H,2-3,6-12H2,1H3,(H,28,35). The second-order valence-electron chi connectivity index (χ2n) is 9.52. The lowest BCUT2D eigenvalue weighted by Gasteiger charge is -2.27. The number of thiazole rings is 1. The van der Waals surface area contributed by atoms with E-state index in [-0.39, 0.29) is 16.9 Å². The number of nitrogens with one attached hydrogen (secondary N) is 2. The number of aromatic nitrogens is 3. The van der Waals surface area contributed by atoms with Crippen LogP contribution in [0.2, 0.25) is 5.02 Å². The number of carbonyl (C=O) groups excluding carboxylic acids is 1. The summed E-state index contributed by atoms with van der Waals surface area (Å²) in [5, 5.41) is 7.25. The van der Waals surface area contributed by atoms with E-state index in [0.29, 0.717) is 39.4 Å². The van der Waals surface area contributed by atoms with Crippen LogP contribution in [0.1, 0.15) is 29.6 Å². The highest BCUT2D eigenvalue weighted by molar-refractivity contribution is 7.24. The van der Waals surface area contributed by atoms with Crippen LogP contribution in [0, 0.1) is 0 Å². The molecule has 2 N–H and O–H groups in total. The first-order valence-electron chi connectivity index (χ1n) is 12.4. The SMILES string of the molecule is CN1CCCC1CCNC(=O)c1c(=O)c2cnc(N3CCNCC3)nc2n2c1sc1ccc(Cl)cc12. The number of nitrogens with zero attached hydrogens (tertiary/aromatic N) is 5. The van der Waals surface area contributed by atoms with Crippen molar-refractivity contribution in [1.29, 1.82) is 0 Å². The summed E-state index contributed by atoms with van der Waals surface area (Å²) in [5.41, 5.74) is 1.11. The van der Waals surface area contributed by atoms with Gasteiger partial charge in [0.15, 0.2) is 5.65 Å². The van der Waals surface area contributed by atoms with Crippen molar-refractivity contribution >= 4 is 60.9 Å². The zero-order chi connectivity index (χ0) is 24.8. The molecule has 0 spiro atoms. The van der Waals surface area contributed by atoms with Crippen molar-refractivity contribution < 1.29 is 4.79 Å². The van der Waals surface area contributed by atoms with Crippen LogP contribution in [0.3, 0.4) is 0 Å². The van der Waals surface area contributed by atoms with Crippen LogP contribution in [0.15, 0.2) is 29.2 Å². The maximum absolute atomic E-state index is 13.7. The van der Waals surface area contributed by atoms with Crippen LogP contribution in [0.4, 0.5) is 5.95 Å². The van der Waals surface area contributed by atoms with Gasteiger partial charge in [-0.3, -0.25) is 14.0 Å². The molecule has 1 amide bonds. The molecule has 2 fully saturated rings. The number of piperazine rings is 1. The molecule has 3 aromatic heterocycles. The predicted octanol–water partition coefficient (Wildman–Crippen LogP) is 2.73. The molecule has 2 aliphatic rings. The zero-order valence-electron chi connectivity index (χ0n) is 20.1. The van der Waals surface area contributed by atoms with Crippen molar-refractivity contribution in [3.05, 3.63) is 45.2 Å². The second kappa shape index (κ2) is 9.59. The minimum absolute atomic E-state index is 0.137. The Kier molecular flexibility index (Phi) is 6.28. The van der Waals surface area contributed by atoms with E-state index in [0.717, 1.165) is 55.8 Å². The predicted molar refractivity (Wildman–Crippen MR) is 145 cm³/mol. The van der Waals surface area contributed by atoms with Crippen molar-refractivity contribution in [2.45, 2.75) is 25.3 Å². The van der Waals surface area contributed by atoms with Gasteiger partial charge in [0.1, 0.15) is 10.4 Å². The molecule has 9 nitrogen and oxygen atoms in total. The lowest BCUT2D eigenvalue weighted by Crippen LogP contribution is -2.44. The summed E-state index contributed by atoms with van der Waals surface area (Å²) < 4.78 is 2.82. The largest absolute Gasteiger partial charge is 0.352 e. The Morgan fingerprint density at radius 3 is 2.89 bits per heavy atom. The molecule has 1 atom stereocenters. The molecule has 1 unspecified atom stereocenters. The molecule has 4 aromatic rings. The molecule has 11 heteroatoms. The summed E-state index contributed by atoms with van der Waals surface area (Å²) in [7, 11) is 2.12. The smallest absolute Gasteiger partial charge is 0.258 e. The van der Waals surface area contributed by atoms with Crippen molar-refractivity contribution in [3.63, 3.8) is 0 Å². The first-order valence-corrected chi connectivity index (χ1v) is 13.6. The van der Waals surface area contributed by atoms with Crippen LogP contribution < -0.4 is 21.0 Å². The van der Waals surface area contributed by atoms with Gasteiger partial charge in [0.25, 0.3) is 5.91 Å². The number of likely N-dealkylation sites (tertiary alicyclic amines) is 1. The lowest BCUT2D eigenvalue weighted by molar-refractivity contribution is 0.0951. The van der Waals surface area contributed by atoms with Gasteiger partial charge < -0.3 is 20.4 Å². The van der Waals surface area contributed by atoms with E-state index < -0.39 is 0 Å². The molecular weight excluding hydrogens is 498 g/mol. The van der Waals surface area contributed by atoms with Crippen molar-refractivity contribution in [1.82, 2.24) is 29.9 Å². The molecular formula is C25H28ClN7O2S. The van der Waals surface area contributed by atoms with Gasteiger partial charge >= 0.3 is 0 Å². The highest BCUT2D eigenvalue weighted by Gasteiger charge is 2.25. The quantitative estimate of drug-likeness (QED) is 0.413. The Morgan fingerprint density at radius 2 is 2.11 bits per heavy atom. The Bertz CT molecular complexity index is 1530. The highest BCUT2D eigenvalue weighted by Crippen LogP contribution is 2.32. The first kappa shape index (κ1) is 23.6. The number of carbonyl (C=O) groups is 1. The van der Waals surface area contributed by atoms with E-state index in [2.05, 4.69) is 32.5 Å². The number of benzene rings is 1. The van der Waals surface area contributed by atoms with Crippen LogP contribution in [-0.4, -0.2) is 77.5 Å². The second-order valence-corrected chi connectivity index (χ2v) is 11.0. The van der Waals surface area contributed by atoms with E-state index in [4.69, 9.17) is 16.6 Å². The minimum atomic E-state index is -0.358. The van der Waals surface area contributed by atoms with Crippen molar-refractivity contribution in [2.75, 3.05) is 51.2 Å². The topological polar surface area (TPSA) is 94.9 Å². The monoisotopic (exact) mass is 525 g/mol. The Balaban J connectivity index is 1.47. The fourth-order valence-electron chi connectivity index (χ4n) is 5.31. The van der Waals surface area contributed by atoms with Crippen LogP contribution in [-0.2, 0) is 0 Å². The molecule has 36 heavy (non-hydrogen) atoms. The first-order chi connectivity index (χ1) is 17.5. The molecule has 188 valence electrons. The van der Waals surface area contributed by atoms with Gasteiger partial charge in [-0.15, -0.1) is 11.3 Å². The van der Waals surface area contributed by atoms with E-state index in [1.807, 2.05) is 22.6 Å². The lowest BCUT2D eigenvalue weighted by atomic mass is 10.1. The van der Waals surface area contributed by atoms with Crippen LogP contribution >= 0.6 is 22.9 Å². The molecule has 6 rings (SSSR count). The summed E-state index contributed by atoms with van der Waals surface area (Å²) in [6, 6.07) is 6.06. The summed E-state index contributed by atoms with van der Waals surface area (Å²) in [5.74, 6) is 0.223. The van der Waals surface area contributed by atoms with Gasteiger partial charge in [-0.2, -0.15) is 4.98 Å². The zero-order valence-corrected chi connectivity index (χ0v) is 21.7. The summed E-state index contributed by atoms with van der Waals surface area (Å²) >= 11 is 7.76. The van der Waals surface area contributed by atoms with Crippen LogP contribution in [0.5, 0.6) is 0 Å². The number of halogens is 1.